The fraction of sp³-hybridized carbons (Fsp3) is 0.267. The molecule has 7 heteroatoms. The molecule has 0 radical (unpaired) electrons. The van der Waals surface area contributed by atoms with Crippen molar-refractivity contribution in [2.75, 3.05) is 13.1 Å². The van der Waals surface area contributed by atoms with E-state index in [9.17, 15) is 13.9 Å². The molecule has 0 unspecified atom stereocenters. The predicted molar refractivity (Wildman–Crippen MR) is 139 cm³/mol. The molecule has 1 aliphatic heterocycles. The van der Waals surface area contributed by atoms with Gasteiger partial charge in [-0.3, -0.25) is 4.90 Å². The summed E-state index contributed by atoms with van der Waals surface area (Å²) < 4.78 is 30.2. The SMILES string of the molecule is C[C@H](N1CCC(=C(c2ccccc2)c2ccccc2)CC1)[C@@](O)(Cn1cncn1)c1ccc(F)cc1F. The predicted octanol–water partition coefficient (Wildman–Crippen LogP) is 5.43. The number of aliphatic hydroxyl groups is 1. The van der Waals surface area contributed by atoms with Crippen LogP contribution in [0.25, 0.3) is 5.57 Å². The van der Waals surface area contributed by atoms with Gasteiger partial charge in [-0.15, -0.1) is 0 Å². The molecule has 5 rings (SSSR count). The molecule has 0 spiro atoms. The summed E-state index contributed by atoms with van der Waals surface area (Å²) in [4.78, 5) is 6.14. The Balaban J connectivity index is 1.45. The van der Waals surface area contributed by atoms with Crippen LogP contribution in [0.1, 0.15) is 36.5 Å². The Morgan fingerprint density at radius 3 is 2.11 bits per heavy atom. The lowest BCUT2D eigenvalue weighted by molar-refractivity contribution is -0.0656. The van der Waals surface area contributed by atoms with E-state index in [1.165, 1.54) is 51.7 Å². The molecular formula is C30H30F2N4O. The molecule has 2 atom stereocenters. The van der Waals surface area contributed by atoms with Crippen LogP contribution in [0.15, 0.2) is 97.1 Å². The van der Waals surface area contributed by atoms with Crippen molar-refractivity contribution in [3.05, 3.63) is 125 Å². The topological polar surface area (TPSA) is 54.2 Å². The molecule has 37 heavy (non-hydrogen) atoms. The van der Waals surface area contributed by atoms with Crippen molar-refractivity contribution >= 4 is 5.57 Å². The third-order valence-electron chi connectivity index (χ3n) is 7.39. The second-order valence-electron chi connectivity index (χ2n) is 9.56. The van der Waals surface area contributed by atoms with Gasteiger partial charge in [-0.05, 0) is 42.5 Å². The Labute approximate surface area is 215 Å². The number of halogens is 2. The molecule has 1 aromatic heterocycles. The van der Waals surface area contributed by atoms with Crippen LogP contribution in [0.3, 0.4) is 0 Å². The van der Waals surface area contributed by atoms with E-state index in [0.29, 0.717) is 13.1 Å². The van der Waals surface area contributed by atoms with E-state index in [0.717, 1.165) is 18.9 Å². The lowest BCUT2D eigenvalue weighted by atomic mass is 9.83. The maximum Gasteiger partial charge on any atom is 0.137 e. The summed E-state index contributed by atoms with van der Waals surface area (Å²) in [6.45, 7) is 3.28. The summed E-state index contributed by atoms with van der Waals surface area (Å²) in [5.74, 6) is -1.46. The largest absolute Gasteiger partial charge is 0.381 e. The number of hydrogen-bond donors (Lipinski definition) is 1. The van der Waals surface area contributed by atoms with Gasteiger partial charge in [0.15, 0.2) is 0 Å². The average molecular weight is 501 g/mol. The first kappa shape index (κ1) is 25.0. The summed E-state index contributed by atoms with van der Waals surface area (Å²) in [5, 5.41) is 16.1. The van der Waals surface area contributed by atoms with Gasteiger partial charge in [0.1, 0.15) is 29.9 Å². The van der Waals surface area contributed by atoms with E-state index in [1.54, 1.807) is 0 Å². The molecule has 1 saturated heterocycles. The summed E-state index contributed by atoms with van der Waals surface area (Å²) >= 11 is 0. The van der Waals surface area contributed by atoms with E-state index in [4.69, 9.17) is 0 Å². The van der Waals surface area contributed by atoms with Crippen LogP contribution in [-0.2, 0) is 12.1 Å². The molecular weight excluding hydrogens is 470 g/mol. The molecule has 1 fully saturated rings. The van der Waals surface area contributed by atoms with Crippen molar-refractivity contribution in [2.45, 2.75) is 38.0 Å². The quantitative estimate of drug-likeness (QED) is 0.368. The molecule has 3 aromatic carbocycles. The van der Waals surface area contributed by atoms with Crippen LogP contribution >= 0.6 is 0 Å². The highest BCUT2D eigenvalue weighted by Crippen LogP contribution is 2.37. The zero-order valence-corrected chi connectivity index (χ0v) is 20.8. The first-order chi connectivity index (χ1) is 18.0. The number of rotatable bonds is 7. The Kier molecular flexibility index (Phi) is 7.26. The van der Waals surface area contributed by atoms with Crippen molar-refractivity contribution in [3.63, 3.8) is 0 Å². The summed E-state index contributed by atoms with van der Waals surface area (Å²) in [5.41, 5.74) is 3.37. The minimum atomic E-state index is -1.64. The summed E-state index contributed by atoms with van der Waals surface area (Å²) in [6.07, 6.45) is 4.49. The molecule has 0 aliphatic carbocycles. The Hall–Kier alpha value is -3.68. The fourth-order valence-electron chi connectivity index (χ4n) is 5.36. The van der Waals surface area contributed by atoms with Gasteiger partial charge < -0.3 is 5.11 Å². The first-order valence-electron chi connectivity index (χ1n) is 12.5. The zero-order valence-electron chi connectivity index (χ0n) is 20.8. The van der Waals surface area contributed by atoms with Gasteiger partial charge in [0.25, 0.3) is 0 Å². The average Bonchev–Trinajstić information content (AvgIpc) is 3.43. The maximum absolute atomic E-state index is 15.0. The zero-order chi connectivity index (χ0) is 25.8. The second-order valence-corrected chi connectivity index (χ2v) is 9.56. The third-order valence-corrected chi connectivity index (χ3v) is 7.39. The molecule has 2 heterocycles. The molecule has 1 aliphatic rings. The normalized spacial score (nSPS) is 16.8. The summed E-state index contributed by atoms with van der Waals surface area (Å²) in [6, 6.07) is 23.7. The minimum Gasteiger partial charge on any atom is -0.381 e. The van der Waals surface area contributed by atoms with Crippen LogP contribution in [0, 0.1) is 11.6 Å². The number of nitrogens with zero attached hydrogens (tertiary/aromatic N) is 4. The third kappa shape index (κ3) is 5.24. The van der Waals surface area contributed by atoms with E-state index < -0.39 is 23.3 Å². The lowest BCUT2D eigenvalue weighted by Crippen LogP contribution is -2.53. The number of aromatic nitrogens is 3. The van der Waals surface area contributed by atoms with E-state index in [2.05, 4.69) is 63.5 Å². The van der Waals surface area contributed by atoms with Crippen molar-refractivity contribution in [1.29, 1.82) is 0 Å². The van der Waals surface area contributed by atoms with Crippen molar-refractivity contribution in [1.82, 2.24) is 19.7 Å². The Morgan fingerprint density at radius 2 is 1.57 bits per heavy atom. The van der Waals surface area contributed by atoms with Gasteiger partial charge >= 0.3 is 0 Å². The van der Waals surface area contributed by atoms with E-state index >= 15 is 0 Å². The molecule has 190 valence electrons. The fourth-order valence-corrected chi connectivity index (χ4v) is 5.36. The summed E-state index contributed by atoms with van der Waals surface area (Å²) in [7, 11) is 0. The van der Waals surface area contributed by atoms with Crippen molar-refractivity contribution < 1.29 is 13.9 Å². The van der Waals surface area contributed by atoms with Crippen LogP contribution < -0.4 is 0 Å². The molecule has 0 bridgehead atoms. The minimum absolute atomic E-state index is 0.00477. The van der Waals surface area contributed by atoms with Crippen LogP contribution in [-0.4, -0.2) is 43.9 Å². The van der Waals surface area contributed by atoms with Crippen LogP contribution in [0.4, 0.5) is 8.78 Å². The van der Waals surface area contributed by atoms with Crippen molar-refractivity contribution in [2.24, 2.45) is 0 Å². The van der Waals surface area contributed by atoms with E-state index in [1.807, 2.05) is 19.1 Å². The Bertz CT molecular complexity index is 1310. The molecule has 0 saturated carbocycles. The molecule has 0 amide bonds. The Morgan fingerprint density at radius 1 is 0.946 bits per heavy atom. The van der Waals surface area contributed by atoms with Crippen LogP contribution in [0.5, 0.6) is 0 Å². The number of benzene rings is 3. The van der Waals surface area contributed by atoms with E-state index in [-0.39, 0.29) is 12.1 Å². The van der Waals surface area contributed by atoms with Gasteiger partial charge in [0, 0.05) is 30.8 Å². The number of piperidine rings is 1. The first-order valence-corrected chi connectivity index (χ1v) is 12.5. The van der Waals surface area contributed by atoms with Crippen LogP contribution in [0.2, 0.25) is 0 Å². The molecule has 1 N–H and O–H groups in total. The lowest BCUT2D eigenvalue weighted by Gasteiger charge is -2.43. The highest BCUT2D eigenvalue weighted by atomic mass is 19.1. The van der Waals surface area contributed by atoms with Gasteiger partial charge in [-0.2, -0.15) is 5.10 Å². The smallest absolute Gasteiger partial charge is 0.137 e. The maximum atomic E-state index is 15.0. The highest BCUT2D eigenvalue weighted by molar-refractivity contribution is 5.82. The standard InChI is InChI=1S/C30H30F2N4O/c1-22(30(37,19-36-21-33-20-34-36)27-13-12-26(31)18-28(27)32)35-16-14-25(15-17-35)29(23-8-4-2-5-9-23)24-10-6-3-7-11-24/h2-13,18,20-22,37H,14-17,19H2,1H3/t22-,30-/m0/s1. The highest BCUT2D eigenvalue weighted by Gasteiger charge is 2.42. The van der Waals surface area contributed by atoms with Gasteiger partial charge in [0.05, 0.1) is 6.54 Å². The van der Waals surface area contributed by atoms with Crippen molar-refractivity contribution in [3.8, 4) is 0 Å². The number of hydrogen-bond acceptors (Lipinski definition) is 4. The van der Waals surface area contributed by atoms with Gasteiger partial charge in [-0.1, -0.05) is 72.3 Å². The molecule has 5 nitrogen and oxygen atoms in total. The second kappa shape index (κ2) is 10.7. The van der Waals surface area contributed by atoms with Gasteiger partial charge in [-0.25, -0.2) is 18.4 Å². The molecule has 4 aromatic rings. The monoisotopic (exact) mass is 500 g/mol. The van der Waals surface area contributed by atoms with Gasteiger partial charge in [0.2, 0.25) is 0 Å². The number of likely N-dealkylation sites (tertiary alicyclic amines) is 1.